The molecule has 2 aliphatic heterocycles. The van der Waals surface area contributed by atoms with E-state index >= 15 is 0 Å². The largest absolute Gasteiger partial charge is 0.411 e. The van der Waals surface area contributed by atoms with Gasteiger partial charge in [0.15, 0.2) is 0 Å². The quantitative estimate of drug-likeness (QED) is 0.860. The van der Waals surface area contributed by atoms with E-state index < -0.39 is 19.4 Å². The summed E-state index contributed by atoms with van der Waals surface area (Å²) in [5.41, 5.74) is 0.328. The third-order valence-electron chi connectivity index (χ3n) is 4.33. The van der Waals surface area contributed by atoms with Crippen molar-refractivity contribution in [3.05, 3.63) is 0 Å². The number of piperidine rings is 2. The van der Waals surface area contributed by atoms with Crippen LogP contribution in [0.4, 0.5) is 13.2 Å². The van der Waals surface area contributed by atoms with E-state index in [1.165, 1.54) is 0 Å². The topological polar surface area (TPSA) is 41.6 Å². The van der Waals surface area contributed by atoms with Crippen LogP contribution >= 0.6 is 12.4 Å². The molecular formula is C13H22ClF3N2O2. The molecule has 21 heavy (non-hydrogen) atoms. The Morgan fingerprint density at radius 3 is 2.24 bits per heavy atom. The minimum Gasteiger partial charge on any atom is -0.362 e. The van der Waals surface area contributed by atoms with E-state index in [4.69, 9.17) is 0 Å². The predicted molar refractivity (Wildman–Crippen MR) is 74.5 cm³/mol. The summed E-state index contributed by atoms with van der Waals surface area (Å²) in [5.74, 6) is -0.335. The van der Waals surface area contributed by atoms with Crippen molar-refractivity contribution < 1.29 is 22.7 Å². The maximum absolute atomic E-state index is 11.9. The van der Waals surface area contributed by atoms with E-state index in [0.29, 0.717) is 18.5 Å². The number of ether oxygens (including phenoxy) is 1. The molecule has 0 radical (unpaired) electrons. The van der Waals surface area contributed by atoms with Crippen molar-refractivity contribution in [2.45, 2.75) is 31.9 Å². The SMILES string of the molecule is Cl.O=C(COCC(F)(F)F)N1CCC2(CCNCC2)CC1. The van der Waals surface area contributed by atoms with Crippen LogP contribution in [-0.4, -0.2) is 56.4 Å². The molecule has 1 amide bonds. The summed E-state index contributed by atoms with van der Waals surface area (Å²) in [7, 11) is 0. The van der Waals surface area contributed by atoms with Crippen LogP contribution in [0.2, 0.25) is 0 Å². The molecule has 0 aromatic carbocycles. The van der Waals surface area contributed by atoms with Crippen LogP contribution in [0.25, 0.3) is 0 Å². The number of carbonyl (C=O) groups is 1. The molecule has 0 aliphatic carbocycles. The Morgan fingerprint density at radius 2 is 1.71 bits per heavy atom. The van der Waals surface area contributed by atoms with Gasteiger partial charge in [0.1, 0.15) is 13.2 Å². The number of amides is 1. The zero-order valence-electron chi connectivity index (χ0n) is 11.9. The van der Waals surface area contributed by atoms with Gasteiger partial charge in [-0.2, -0.15) is 13.2 Å². The number of hydrogen-bond donors (Lipinski definition) is 1. The molecule has 124 valence electrons. The Kier molecular flexibility index (Phi) is 6.74. The molecule has 0 saturated carbocycles. The van der Waals surface area contributed by atoms with E-state index in [9.17, 15) is 18.0 Å². The number of alkyl halides is 3. The molecule has 1 N–H and O–H groups in total. The molecular weight excluding hydrogens is 309 g/mol. The van der Waals surface area contributed by atoms with Gasteiger partial charge in [-0.05, 0) is 44.2 Å². The fourth-order valence-corrected chi connectivity index (χ4v) is 3.03. The highest BCUT2D eigenvalue weighted by Crippen LogP contribution is 2.39. The highest BCUT2D eigenvalue weighted by molar-refractivity contribution is 5.85. The van der Waals surface area contributed by atoms with Crippen molar-refractivity contribution in [1.29, 1.82) is 0 Å². The molecule has 0 aromatic rings. The van der Waals surface area contributed by atoms with Crippen LogP contribution in [0, 0.1) is 5.41 Å². The Morgan fingerprint density at radius 1 is 1.14 bits per heavy atom. The molecule has 8 heteroatoms. The lowest BCUT2D eigenvalue weighted by molar-refractivity contribution is -0.178. The normalized spacial score (nSPS) is 22.0. The standard InChI is InChI=1S/C13H21F3N2O2.ClH/c14-13(15,16)10-20-9-11(19)18-7-3-12(4-8-18)1-5-17-6-2-12;/h17H,1-10H2;1H. The maximum Gasteiger partial charge on any atom is 0.411 e. The lowest BCUT2D eigenvalue weighted by Gasteiger charge is -2.44. The minimum absolute atomic E-state index is 0. The highest BCUT2D eigenvalue weighted by atomic mass is 35.5. The number of carbonyl (C=O) groups excluding carboxylic acids is 1. The second kappa shape index (κ2) is 7.65. The van der Waals surface area contributed by atoms with Gasteiger partial charge >= 0.3 is 6.18 Å². The average Bonchev–Trinajstić information content (AvgIpc) is 2.39. The van der Waals surface area contributed by atoms with E-state index in [2.05, 4.69) is 10.1 Å². The molecule has 2 saturated heterocycles. The van der Waals surface area contributed by atoms with Crippen molar-refractivity contribution >= 4 is 18.3 Å². The smallest absolute Gasteiger partial charge is 0.362 e. The molecule has 0 atom stereocenters. The number of nitrogens with one attached hydrogen (secondary N) is 1. The predicted octanol–water partition coefficient (Wildman–Crippen LogP) is 1.98. The van der Waals surface area contributed by atoms with Gasteiger partial charge in [0, 0.05) is 13.1 Å². The van der Waals surface area contributed by atoms with Gasteiger partial charge in [0.2, 0.25) is 5.91 Å². The van der Waals surface area contributed by atoms with Gasteiger partial charge in [0.05, 0.1) is 0 Å². The Balaban J connectivity index is 0.00000220. The molecule has 2 rings (SSSR count). The van der Waals surface area contributed by atoms with E-state index in [1.54, 1.807) is 4.90 Å². The molecule has 2 fully saturated rings. The second-order valence-electron chi connectivity index (χ2n) is 5.74. The van der Waals surface area contributed by atoms with Gasteiger partial charge in [-0.15, -0.1) is 12.4 Å². The third-order valence-corrected chi connectivity index (χ3v) is 4.33. The molecule has 0 bridgehead atoms. The highest BCUT2D eigenvalue weighted by Gasteiger charge is 2.36. The van der Waals surface area contributed by atoms with Crippen molar-refractivity contribution in [2.75, 3.05) is 39.4 Å². The fraction of sp³-hybridized carbons (Fsp3) is 0.923. The van der Waals surface area contributed by atoms with E-state index in [1.807, 2.05) is 0 Å². The molecule has 4 nitrogen and oxygen atoms in total. The summed E-state index contributed by atoms with van der Waals surface area (Å²) in [4.78, 5) is 13.4. The minimum atomic E-state index is -4.37. The van der Waals surface area contributed by atoms with Crippen molar-refractivity contribution in [1.82, 2.24) is 10.2 Å². The summed E-state index contributed by atoms with van der Waals surface area (Å²) in [5, 5.41) is 3.33. The fourth-order valence-electron chi connectivity index (χ4n) is 3.03. The second-order valence-corrected chi connectivity index (χ2v) is 5.74. The van der Waals surface area contributed by atoms with Crippen LogP contribution < -0.4 is 5.32 Å². The Labute approximate surface area is 128 Å². The summed E-state index contributed by atoms with van der Waals surface area (Å²) in [6, 6.07) is 0. The van der Waals surface area contributed by atoms with Crippen molar-refractivity contribution in [3.63, 3.8) is 0 Å². The zero-order chi connectivity index (χ0) is 14.6. The summed E-state index contributed by atoms with van der Waals surface area (Å²) >= 11 is 0. The maximum atomic E-state index is 11.9. The first-order valence-corrected chi connectivity index (χ1v) is 7.03. The lowest BCUT2D eigenvalue weighted by Crippen LogP contribution is -2.48. The first kappa shape index (κ1) is 18.5. The Hall–Kier alpha value is -0.530. The van der Waals surface area contributed by atoms with Crippen LogP contribution in [0.3, 0.4) is 0 Å². The van der Waals surface area contributed by atoms with Crippen LogP contribution in [0.15, 0.2) is 0 Å². The van der Waals surface area contributed by atoms with Crippen molar-refractivity contribution in [2.24, 2.45) is 5.41 Å². The molecule has 2 aliphatic rings. The zero-order valence-corrected chi connectivity index (χ0v) is 12.7. The van der Waals surface area contributed by atoms with Gasteiger partial charge in [-0.1, -0.05) is 0 Å². The van der Waals surface area contributed by atoms with Gasteiger partial charge in [-0.25, -0.2) is 0 Å². The van der Waals surface area contributed by atoms with Gasteiger partial charge < -0.3 is 15.0 Å². The molecule has 0 aromatic heterocycles. The van der Waals surface area contributed by atoms with Crippen LogP contribution in [-0.2, 0) is 9.53 Å². The number of halogens is 4. The first-order valence-electron chi connectivity index (χ1n) is 7.03. The summed E-state index contributed by atoms with van der Waals surface area (Å²) < 4.78 is 40.2. The van der Waals surface area contributed by atoms with E-state index in [0.717, 1.165) is 38.8 Å². The first-order chi connectivity index (χ1) is 9.40. The lowest BCUT2D eigenvalue weighted by atomic mass is 9.71. The molecule has 0 unspecified atom stereocenters. The third kappa shape index (κ3) is 5.64. The number of likely N-dealkylation sites (tertiary alicyclic amines) is 1. The van der Waals surface area contributed by atoms with Crippen LogP contribution in [0.1, 0.15) is 25.7 Å². The average molecular weight is 331 g/mol. The summed E-state index contributed by atoms with van der Waals surface area (Å²) in [6.45, 7) is 1.46. The monoisotopic (exact) mass is 330 g/mol. The summed E-state index contributed by atoms with van der Waals surface area (Å²) in [6.07, 6.45) is -0.236. The molecule has 1 spiro atoms. The van der Waals surface area contributed by atoms with E-state index in [-0.39, 0.29) is 18.3 Å². The number of nitrogens with zero attached hydrogens (tertiary/aromatic N) is 1. The van der Waals surface area contributed by atoms with Crippen LogP contribution in [0.5, 0.6) is 0 Å². The van der Waals surface area contributed by atoms with Gasteiger partial charge in [-0.3, -0.25) is 4.79 Å². The van der Waals surface area contributed by atoms with Gasteiger partial charge in [0.25, 0.3) is 0 Å². The molecule has 2 heterocycles. The number of hydrogen-bond acceptors (Lipinski definition) is 3. The number of rotatable bonds is 3. The Bertz CT molecular complexity index is 337. The van der Waals surface area contributed by atoms with Crippen molar-refractivity contribution in [3.8, 4) is 0 Å².